The number of rotatable bonds is 10. The van der Waals surface area contributed by atoms with Gasteiger partial charge in [0.1, 0.15) is 23.2 Å². The molecular formula is C28H32O5. The lowest BCUT2D eigenvalue weighted by Crippen LogP contribution is -2.14. The zero-order chi connectivity index (χ0) is 24.1. The van der Waals surface area contributed by atoms with Crippen LogP contribution in [0.2, 0.25) is 0 Å². The van der Waals surface area contributed by atoms with E-state index in [1.807, 2.05) is 0 Å². The molecule has 174 valence electrons. The Kier molecular flexibility index (Phi) is 7.85. The molecule has 1 aliphatic rings. The van der Waals surface area contributed by atoms with E-state index >= 15 is 0 Å². The number of aliphatic hydroxyl groups is 1. The Labute approximate surface area is 195 Å². The molecule has 2 aromatic carbocycles. The van der Waals surface area contributed by atoms with Gasteiger partial charge in [0.15, 0.2) is 11.6 Å². The van der Waals surface area contributed by atoms with Gasteiger partial charge in [-0.05, 0) is 67.6 Å². The molecule has 0 radical (unpaired) electrons. The summed E-state index contributed by atoms with van der Waals surface area (Å²) in [6, 6.07) is 11.8. The van der Waals surface area contributed by atoms with Gasteiger partial charge < -0.3 is 9.84 Å². The average molecular weight is 449 g/mol. The first-order valence-corrected chi connectivity index (χ1v) is 11.6. The second-order valence-corrected chi connectivity index (χ2v) is 8.71. The van der Waals surface area contributed by atoms with Gasteiger partial charge in [-0.25, -0.2) is 0 Å². The summed E-state index contributed by atoms with van der Waals surface area (Å²) in [5.41, 5.74) is 1.91. The van der Waals surface area contributed by atoms with Crippen molar-refractivity contribution >= 4 is 28.7 Å². The number of fused-ring (bicyclic) bond motifs is 1. The van der Waals surface area contributed by atoms with Crippen molar-refractivity contribution in [1.82, 2.24) is 0 Å². The molecule has 3 rings (SSSR count). The molecule has 0 spiro atoms. The molecule has 0 fully saturated rings. The Hall–Kier alpha value is -3.21. The molecule has 0 amide bonds. The number of ether oxygens (including phenoxy) is 1. The molecule has 0 aliphatic heterocycles. The first-order valence-electron chi connectivity index (χ1n) is 11.6. The molecule has 0 saturated heterocycles. The summed E-state index contributed by atoms with van der Waals surface area (Å²) >= 11 is 0. The van der Waals surface area contributed by atoms with Crippen LogP contribution in [0.3, 0.4) is 0 Å². The molecule has 33 heavy (non-hydrogen) atoms. The lowest BCUT2D eigenvalue weighted by atomic mass is 9.95. The predicted molar refractivity (Wildman–Crippen MR) is 130 cm³/mol. The van der Waals surface area contributed by atoms with Crippen LogP contribution in [-0.4, -0.2) is 29.1 Å². The maximum atomic E-state index is 13.1. The number of aliphatic hydroxyl groups excluding tert-OH is 1. The van der Waals surface area contributed by atoms with Crippen LogP contribution in [-0.2, 0) is 9.59 Å². The third-order valence-corrected chi connectivity index (χ3v) is 6.39. The normalized spacial score (nSPS) is 17.5. The third kappa shape index (κ3) is 5.24. The van der Waals surface area contributed by atoms with Gasteiger partial charge in [-0.15, -0.1) is 0 Å². The number of carbonyl (C=O) groups excluding carboxylic acids is 3. The van der Waals surface area contributed by atoms with Crippen LogP contribution < -0.4 is 4.74 Å². The summed E-state index contributed by atoms with van der Waals surface area (Å²) in [6.45, 7) is 7.82. The highest BCUT2D eigenvalue weighted by Crippen LogP contribution is 2.42. The van der Waals surface area contributed by atoms with Crippen molar-refractivity contribution in [3.8, 4) is 5.75 Å². The summed E-state index contributed by atoms with van der Waals surface area (Å²) in [5, 5.41) is 11.0. The molecule has 0 aromatic heterocycles. The SMILES string of the molecule is CCCC(CC)CCOc1ccc(/C(O)=C2/C(=O)C(C(C)=O)c3ccc(C(C)=O)cc32)cc1. The first kappa shape index (κ1) is 24.4. The van der Waals surface area contributed by atoms with Gasteiger partial charge in [0, 0.05) is 11.1 Å². The Balaban J connectivity index is 1.88. The Morgan fingerprint density at radius 3 is 2.24 bits per heavy atom. The highest BCUT2D eigenvalue weighted by Gasteiger charge is 2.40. The molecule has 1 N–H and O–H groups in total. The third-order valence-electron chi connectivity index (χ3n) is 6.39. The fraction of sp³-hybridized carbons (Fsp3) is 0.393. The van der Waals surface area contributed by atoms with E-state index in [4.69, 9.17) is 4.74 Å². The topological polar surface area (TPSA) is 80.7 Å². The first-order chi connectivity index (χ1) is 15.8. The Bertz CT molecular complexity index is 1080. The second kappa shape index (κ2) is 10.6. The number of hydrogen-bond donors (Lipinski definition) is 1. The number of benzene rings is 2. The molecule has 1 aliphatic carbocycles. The van der Waals surface area contributed by atoms with E-state index in [0.29, 0.717) is 40.5 Å². The number of carbonyl (C=O) groups is 3. The largest absolute Gasteiger partial charge is 0.507 e. The summed E-state index contributed by atoms with van der Waals surface area (Å²) in [5.74, 6) is -0.704. The number of hydrogen-bond acceptors (Lipinski definition) is 5. The van der Waals surface area contributed by atoms with Gasteiger partial charge >= 0.3 is 0 Å². The van der Waals surface area contributed by atoms with Crippen LogP contribution in [0.15, 0.2) is 42.5 Å². The molecule has 2 atom stereocenters. The van der Waals surface area contributed by atoms with Gasteiger partial charge in [0.05, 0.1) is 12.2 Å². The minimum atomic E-state index is -0.963. The zero-order valence-corrected chi connectivity index (χ0v) is 19.8. The summed E-state index contributed by atoms with van der Waals surface area (Å²) in [4.78, 5) is 37.2. The minimum Gasteiger partial charge on any atom is -0.507 e. The van der Waals surface area contributed by atoms with Crippen molar-refractivity contribution in [1.29, 1.82) is 0 Å². The monoisotopic (exact) mass is 448 g/mol. The molecule has 0 heterocycles. The zero-order valence-electron chi connectivity index (χ0n) is 19.8. The van der Waals surface area contributed by atoms with E-state index in [0.717, 1.165) is 12.8 Å². The molecule has 0 saturated carbocycles. The minimum absolute atomic E-state index is 0.0762. The van der Waals surface area contributed by atoms with Crippen LogP contribution in [0.4, 0.5) is 0 Å². The average Bonchev–Trinajstić information content (AvgIpc) is 3.09. The summed E-state index contributed by atoms with van der Waals surface area (Å²) in [6.07, 6.45) is 4.50. The van der Waals surface area contributed by atoms with Crippen LogP contribution in [0.25, 0.3) is 11.3 Å². The van der Waals surface area contributed by atoms with Crippen LogP contribution >= 0.6 is 0 Å². The summed E-state index contributed by atoms with van der Waals surface area (Å²) in [7, 11) is 0. The van der Waals surface area contributed by atoms with E-state index in [9.17, 15) is 19.5 Å². The van der Waals surface area contributed by atoms with Gasteiger partial charge in [-0.2, -0.15) is 0 Å². The highest BCUT2D eigenvalue weighted by molar-refractivity contribution is 6.38. The van der Waals surface area contributed by atoms with E-state index in [2.05, 4.69) is 13.8 Å². The van der Waals surface area contributed by atoms with Crippen molar-refractivity contribution < 1.29 is 24.2 Å². The van der Waals surface area contributed by atoms with E-state index < -0.39 is 11.7 Å². The molecular weight excluding hydrogens is 416 g/mol. The lowest BCUT2D eigenvalue weighted by Gasteiger charge is -2.14. The van der Waals surface area contributed by atoms with Gasteiger partial charge in [-0.1, -0.05) is 45.2 Å². The van der Waals surface area contributed by atoms with Gasteiger partial charge in [0.25, 0.3) is 0 Å². The van der Waals surface area contributed by atoms with Crippen LogP contribution in [0.5, 0.6) is 5.75 Å². The van der Waals surface area contributed by atoms with Crippen molar-refractivity contribution in [3.05, 3.63) is 64.7 Å². The van der Waals surface area contributed by atoms with E-state index in [1.54, 1.807) is 42.5 Å². The summed E-state index contributed by atoms with van der Waals surface area (Å²) < 4.78 is 5.87. The van der Waals surface area contributed by atoms with Crippen molar-refractivity contribution in [2.45, 2.75) is 59.3 Å². The second-order valence-electron chi connectivity index (χ2n) is 8.71. The molecule has 5 heteroatoms. The molecule has 2 unspecified atom stereocenters. The van der Waals surface area contributed by atoms with E-state index in [-0.39, 0.29) is 22.9 Å². The predicted octanol–water partition coefficient (Wildman–Crippen LogP) is 6.17. The number of allylic oxidation sites excluding steroid dienone is 1. The maximum Gasteiger partial charge on any atom is 0.182 e. The molecule has 5 nitrogen and oxygen atoms in total. The van der Waals surface area contributed by atoms with Gasteiger partial charge in [0.2, 0.25) is 0 Å². The fourth-order valence-corrected chi connectivity index (χ4v) is 4.47. The maximum absolute atomic E-state index is 13.1. The Morgan fingerprint density at radius 1 is 1.00 bits per heavy atom. The standard InChI is InChI=1S/C28H32O5/c1-5-7-19(6-2)14-15-33-22-11-8-20(9-12-22)27(31)26-24-16-21(17(3)29)10-13-23(24)25(18(4)30)28(26)32/h8-13,16,19,25,31H,5-7,14-15H2,1-4H3/b27-26-. The molecule has 0 bridgehead atoms. The van der Waals surface area contributed by atoms with Crippen LogP contribution in [0.1, 0.15) is 86.3 Å². The lowest BCUT2D eigenvalue weighted by molar-refractivity contribution is -0.124. The number of Topliss-reactive ketones (excluding diaryl/α,β-unsaturated/α-hetero) is 3. The Morgan fingerprint density at radius 2 is 1.67 bits per heavy atom. The smallest absolute Gasteiger partial charge is 0.182 e. The van der Waals surface area contributed by atoms with E-state index in [1.165, 1.54) is 26.7 Å². The van der Waals surface area contributed by atoms with Crippen molar-refractivity contribution in [2.24, 2.45) is 5.92 Å². The molecule has 2 aromatic rings. The van der Waals surface area contributed by atoms with Crippen molar-refractivity contribution in [3.63, 3.8) is 0 Å². The van der Waals surface area contributed by atoms with Crippen LogP contribution in [0, 0.1) is 5.92 Å². The van der Waals surface area contributed by atoms with Gasteiger partial charge in [-0.3, -0.25) is 14.4 Å². The fourth-order valence-electron chi connectivity index (χ4n) is 4.47. The van der Waals surface area contributed by atoms with Crippen molar-refractivity contribution in [2.75, 3.05) is 6.61 Å². The quantitative estimate of drug-likeness (QED) is 0.204. The highest BCUT2D eigenvalue weighted by atomic mass is 16.5. The number of ketones is 3.